The van der Waals surface area contributed by atoms with Crippen LogP contribution in [-0.2, 0) is 4.74 Å². The monoisotopic (exact) mass is 275 g/mol. The number of halogens is 2. The van der Waals surface area contributed by atoms with Gasteiger partial charge >= 0.3 is 0 Å². The summed E-state index contributed by atoms with van der Waals surface area (Å²) in [5.41, 5.74) is 0. The first-order valence-electron chi connectivity index (χ1n) is 5.48. The molecule has 1 fully saturated rings. The Morgan fingerprint density at radius 1 is 1.35 bits per heavy atom. The lowest BCUT2D eigenvalue weighted by atomic mass is 9.85. The second-order valence-electron chi connectivity index (χ2n) is 4.04. The molecule has 0 bridgehead atoms. The predicted octanol–water partition coefficient (Wildman–Crippen LogP) is 2.75. The molecule has 0 heterocycles. The fraction of sp³-hybridized carbons (Fsp3) is 0.500. The molecule has 1 aromatic carbocycles. The quantitative estimate of drug-likeness (QED) is 0.917. The van der Waals surface area contributed by atoms with E-state index in [1.165, 1.54) is 0 Å². The van der Waals surface area contributed by atoms with E-state index >= 15 is 0 Å². The van der Waals surface area contributed by atoms with Gasteiger partial charge in [-0.15, -0.1) is 0 Å². The number of nitrogens with one attached hydrogen (secondary N) is 1. The Labute approximate surface area is 111 Å². The standard InChI is InChI=1S/C12H15Cl2NO2/c1-15-8-6-10(12(8)16-2)17-9-5-3-4-7(13)11(9)14/h3-5,8,10,12,15H,6H2,1-2H3. The van der Waals surface area contributed by atoms with E-state index in [0.29, 0.717) is 21.8 Å². The molecule has 0 spiro atoms. The summed E-state index contributed by atoms with van der Waals surface area (Å²) in [6.07, 6.45) is 0.973. The zero-order chi connectivity index (χ0) is 12.4. The van der Waals surface area contributed by atoms with Gasteiger partial charge in [-0.3, -0.25) is 0 Å². The third-order valence-electron chi connectivity index (χ3n) is 3.09. The fourth-order valence-electron chi connectivity index (χ4n) is 2.03. The van der Waals surface area contributed by atoms with Crippen molar-refractivity contribution < 1.29 is 9.47 Å². The molecule has 3 unspecified atom stereocenters. The van der Waals surface area contributed by atoms with Crippen LogP contribution in [0.5, 0.6) is 5.75 Å². The van der Waals surface area contributed by atoms with E-state index in [2.05, 4.69) is 5.32 Å². The van der Waals surface area contributed by atoms with Gasteiger partial charge in [-0.1, -0.05) is 29.3 Å². The highest BCUT2D eigenvalue weighted by atomic mass is 35.5. The molecule has 3 atom stereocenters. The molecule has 0 amide bonds. The van der Waals surface area contributed by atoms with Crippen LogP contribution in [-0.4, -0.2) is 32.4 Å². The number of methoxy groups -OCH3 is 1. The Balaban J connectivity index is 2.05. The molecule has 0 aromatic heterocycles. The van der Waals surface area contributed by atoms with Gasteiger partial charge in [-0.2, -0.15) is 0 Å². The number of benzene rings is 1. The van der Waals surface area contributed by atoms with Crippen LogP contribution >= 0.6 is 23.2 Å². The van der Waals surface area contributed by atoms with Crippen LogP contribution < -0.4 is 10.1 Å². The molecule has 3 nitrogen and oxygen atoms in total. The van der Waals surface area contributed by atoms with Gasteiger partial charge in [0.1, 0.15) is 23.0 Å². The molecule has 0 radical (unpaired) electrons. The van der Waals surface area contributed by atoms with Crippen molar-refractivity contribution in [2.45, 2.75) is 24.7 Å². The van der Waals surface area contributed by atoms with Gasteiger partial charge in [-0.25, -0.2) is 0 Å². The molecule has 5 heteroatoms. The Morgan fingerprint density at radius 3 is 2.76 bits per heavy atom. The van der Waals surface area contributed by atoms with E-state index in [1.54, 1.807) is 13.2 Å². The molecular formula is C12H15Cl2NO2. The van der Waals surface area contributed by atoms with Crippen molar-refractivity contribution in [3.63, 3.8) is 0 Å². The first-order chi connectivity index (χ1) is 8.17. The molecule has 94 valence electrons. The fourth-order valence-corrected chi connectivity index (χ4v) is 2.37. The molecule has 1 N–H and O–H groups in total. The lowest BCUT2D eigenvalue weighted by Crippen LogP contribution is -2.60. The minimum Gasteiger partial charge on any atom is -0.486 e. The maximum atomic E-state index is 6.07. The lowest BCUT2D eigenvalue weighted by Gasteiger charge is -2.43. The van der Waals surface area contributed by atoms with E-state index in [9.17, 15) is 0 Å². The Bertz CT molecular complexity index is 400. The zero-order valence-corrected chi connectivity index (χ0v) is 11.3. The minimum absolute atomic E-state index is 0.0217. The highest BCUT2D eigenvalue weighted by Crippen LogP contribution is 2.35. The van der Waals surface area contributed by atoms with E-state index in [1.807, 2.05) is 19.2 Å². The van der Waals surface area contributed by atoms with Crippen molar-refractivity contribution in [1.29, 1.82) is 0 Å². The minimum atomic E-state index is 0.0217. The summed E-state index contributed by atoms with van der Waals surface area (Å²) in [6, 6.07) is 5.71. The van der Waals surface area contributed by atoms with Crippen LogP contribution in [0.3, 0.4) is 0 Å². The van der Waals surface area contributed by atoms with Crippen molar-refractivity contribution in [2.75, 3.05) is 14.2 Å². The maximum Gasteiger partial charge on any atom is 0.139 e. The van der Waals surface area contributed by atoms with Gasteiger partial charge in [0.15, 0.2) is 0 Å². The Morgan fingerprint density at radius 2 is 2.12 bits per heavy atom. The SMILES string of the molecule is CNC1CC(Oc2cccc(Cl)c2Cl)C1OC. The average Bonchev–Trinajstić information content (AvgIpc) is 2.29. The van der Waals surface area contributed by atoms with Crippen LogP contribution in [0.2, 0.25) is 10.0 Å². The van der Waals surface area contributed by atoms with Crippen LogP contribution in [0, 0.1) is 0 Å². The average molecular weight is 276 g/mol. The summed E-state index contributed by atoms with van der Waals surface area (Å²) in [5, 5.41) is 4.14. The number of hydrogen-bond acceptors (Lipinski definition) is 3. The summed E-state index contributed by atoms with van der Waals surface area (Å²) in [5.74, 6) is 0.612. The van der Waals surface area contributed by atoms with Crippen LogP contribution in [0.4, 0.5) is 0 Å². The first kappa shape index (κ1) is 13.0. The van der Waals surface area contributed by atoms with Crippen molar-refractivity contribution in [2.24, 2.45) is 0 Å². The Kier molecular flexibility index (Phi) is 4.15. The third kappa shape index (κ3) is 2.52. The molecular weight excluding hydrogens is 261 g/mol. The molecule has 0 aliphatic heterocycles. The van der Waals surface area contributed by atoms with E-state index in [-0.39, 0.29) is 12.2 Å². The van der Waals surface area contributed by atoms with Gasteiger partial charge in [-0.05, 0) is 19.2 Å². The van der Waals surface area contributed by atoms with Crippen molar-refractivity contribution in [3.8, 4) is 5.75 Å². The van der Waals surface area contributed by atoms with Crippen molar-refractivity contribution in [3.05, 3.63) is 28.2 Å². The normalized spacial score (nSPS) is 27.6. The topological polar surface area (TPSA) is 30.5 Å². The van der Waals surface area contributed by atoms with E-state index in [0.717, 1.165) is 6.42 Å². The van der Waals surface area contributed by atoms with Gasteiger partial charge in [0.2, 0.25) is 0 Å². The van der Waals surface area contributed by atoms with Gasteiger partial charge < -0.3 is 14.8 Å². The predicted molar refractivity (Wildman–Crippen MR) is 69.1 cm³/mol. The molecule has 2 rings (SSSR count). The second-order valence-corrected chi connectivity index (χ2v) is 4.82. The summed E-state index contributed by atoms with van der Waals surface area (Å²) >= 11 is 12.0. The summed E-state index contributed by atoms with van der Waals surface area (Å²) in [7, 11) is 3.60. The second kappa shape index (κ2) is 5.44. The van der Waals surface area contributed by atoms with E-state index in [4.69, 9.17) is 32.7 Å². The number of hydrogen-bond donors (Lipinski definition) is 1. The van der Waals surface area contributed by atoms with Gasteiger partial charge in [0.25, 0.3) is 0 Å². The largest absolute Gasteiger partial charge is 0.486 e. The first-order valence-corrected chi connectivity index (χ1v) is 6.23. The molecule has 17 heavy (non-hydrogen) atoms. The molecule has 0 saturated heterocycles. The summed E-state index contributed by atoms with van der Waals surface area (Å²) in [6.45, 7) is 0. The van der Waals surface area contributed by atoms with Crippen LogP contribution in [0.1, 0.15) is 6.42 Å². The third-order valence-corrected chi connectivity index (χ3v) is 3.89. The maximum absolute atomic E-state index is 6.07. The highest BCUT2D eigenvalue weighted by Gasteiger charge is 2.42. The Hall–Kier alpha value is -0.480. The smallest absolute Gasteiger partial charge is 0.139 e. The number of rotatable bonds is 4. The zero-order valence-electron chi connectivity index (χ0n) is 9.74. The number of ether oxygens (including phenoxy) is 2. The molecule has 1 aliphatic carbocycles. The summed E-state index contributed by atoms with van der Waals surface area (Å²) < 4.78 is 11.2. The highest BCUT2D eigenvalue weighted by molar-refractivity contribution is 6.42. The summed E-state index contributed by atoms with van der Waals surface area (Å²) in [4.78, 5) is 0. The lowest BCUT2D eigenvalue weighted by molar-refractivity contribution is -0.0869. The van der Waals surface area contributed by atoms with Crippen LogP contribution in [0.15, 0.2) is 18.2 Å². The van der Waals surface area contributed by atoms with Gasteiger partial charge in [0, 0.05) is 19.6 Å². The molecule has 1 saturated carbocycles. The molecule has 1 aliphatic rings. The van der Waals surface area contributed by atoms with Crippen molar-refractivity contribution >= 4 is 23.2 Å². The number of likely N-dealkylation sites (N-methyl/N-ethyl adjacent to an activating group) is 1. The van der Waals surface area contributed by atoms with Crippen LogP contribution in [0.25, 0.3) is 0 Å². The van der Waals surface area contributed by atoms with Crippen molar-refractivity contribution in [1.82, 2.24) is 5.32 Å². The van der Waals surface area contributed by atoms with E-state index < -0.39 is 0 Å². The molecule has 1 aromatic rings. The van der Waals surface area contributed by atoms with Gasteiger partial charge in [0.05, 0.1) is 5.02 Å².